The van der Waals surface area contributed by atoms with Crippen LogP contribution in [0.5, 0.6) is 5.75 Å². The van der Waals surface area contributed by atoms with Crippen molar-refractivity contribution in [2.45, 2.75) is 57.1 Å². The summed E-state index contributed by atoms with van der Waals surface area (Å²) in [6.45, 7) is 1.29. The van der Waals surface area contributed by atoms with Crippen LogP contribution >= 0.6 is 0 Å². The summed E-state index contributed by atoms with van der Waals surface area (Å²) in [4.78, 5) is 0. The summed E-state index contributed by atoms with van der Waals surface area (Å²) in [5, 5.41) is 3.61. The summed E-state index contributed by atoms with van der Waals surface area (Å²) in [5.41, 5.74) is 1.62. The summed E-state index contributed by atoms with van der Waals surface area (Å²) < 4.78 is 34.1. The number of hydrogen-bond donors (Lipinski definition) is 1. The molecule has 0 bridgehead atoms. The van der Waals surface area contributed by atoms with Gasteiger partial charge in [0.05, 0.1) is 0 Å². The van der Waals surface area contributed by atoms with Crippen LogP contribution in [-0.2, 0) is 6.61 Å². The summed E-state index contributed by atoms with van der Waals surface area (Å²) in [6, 6.07) is 12.3. The number of benzene rings is 2. The molecule has 2 unspecified atom stereocenters. The second-order valence-electron chi connectivity index (χ2n) is 7.94. The standard InChI is InChI=1S/C23H27F2NO/c24-18-11-20(19-13-22(19)26-14-16-7-3-1-4-8-16)23(21(25)12-18)27-15-17-9-5-2-6-10-17/h2,5-6,9-12,16,19,22,26H,1,3-4,7-8,13-15H2. The average Bonchev–Trinajstić information content (AvgIpc) is 3.46. The highest BCUT2D eigenvalue weighted by Crippen LogP contribution is 2.46. The first-order chi connectivity index (χ1) is 13.2. The molecule has 4 heteroatoms. The maximum absolute atomic E-state index is 14.4. The SMILES string of the molecule is Fc1cc(F)c(OCc2ccccc2)c(C2CC2NCC2CCCCC2)c1. The molecule has 0 saturated heterocycles. The molecule has 0 amide bonds. The Hall–Kier alpha value is -1.94. The molecule has 2 aliphatic carbocycles. The van der Waals surface area contributed by atoms with Crippen LogP contribution in [0.4, 0.5) is 8.78 Å². The summed E-state index contributed by atoms with van der Waals surface area (Å²) in [7, 11) is 0. The number of rotatable bonds is 7. The third-order valence-corrected chi connectivity index (χ3v) is 5.85. The topological polar surface area (TPSA) is 21.3 Å². The predicted molar refractivity (Wildman–Crippen MR) is 103 cm³/mol. The Labute approximate surface area is 159 Å². The molecule has 2 aliphatic rings. The first-order valence-electron chi connectivity index (χ1n) is 10.1. The average molecular weight is 371 g/mol. The van der Waals surface area contributed by atoms with Crippen molar-refractivity contribution >= 4 is 0 Å². The van der Waals surface area contributed by atoms with E-state index in [1.807, 2.05) is 30.3 Å². The molecule has 2 nitrogen and oxygen atoms in total. The molecule has 144 valence electrons. The predicted octanol–water partition coefficient (Wildman–Crippen LogP) is 5.57. The molecule has 4 rings (SSSR count). The minimum atomic E-state index is -0.612. The van der Waals surface area contributed by atoms with Crippen molar-refractivity contribution in [2.75, 3.05) is 6.54 Å². The van der Waals surface area contributed by atoms with E-state index >= 15 is 0 Å². The molecule has 2 atom stereocenters. The Balaban J connectivity index is 1.41. The van der Waals surface area contributed by atoms with E-state index in [-0.39, 0.29) is 18.3 Å². The van der Waals surface area contributed by atoms with Gasteiger partial charge in [0.1, 0.15) is 12.4 Å². The molecule has 0 aromatic heterocycles. The molecule has 0 aliphatic heterocycles. The molecule has 2 aromatic carbocycles. The Bertz CT molecular complexity index is 758. The lowest BCUT2D eigenvalue weighted by Crippen LogP contribution is -2.27. The molecular weight excluding hydrogens is 344 g/mol. The summed E-state index contributed by atoms with van der Waals surface area (Å²) in [6.07, 6.45) is 7.51. The van der Waals surface area contributed by atoms with Crippen molar-refractivity contribution in [1.82, 2.24) is 5.32 Å². The third-order valence-electron chi connectivity index (χ3n) is 5.85. The normalized spacial score (nSPS) is 22.6. The number of halogens is 2. The minimum absolute atomic E-state index is 0.129. The van der Waals surface area contributed by atoms with Crippen LogP contribution in [0.2, 0.25) is 0 Å². The van der Waals surface area contributed by atoms with Gasteiger partial charge in [-0.25, -0.2) is 8.78 Å². The van der Waals surface area contributed by atoms with Gasteiger partial charge in [-0.2, -0.15) is 0 Å². The van der Waals surface area contributed by atoms with Gasteiger partial charge in [0, 0.05) is 23.6 Å². The maximum atomic E-state index is 14.4. The zero-order valence-electron chi connectivity index (χ0n) is 15.6. The Morgan fingerprint density at radius 2 is 1.78 bits per heavy atom. The lowest BCUT2D eigenvalue weighted by molar-refractivity contribution is 0.285. The van der Waals surface area contributed by atoms with Crippen molar-refractivity contribution < 1.29 is 13.5 Å². The second-order valence-corrected chi connectivity index (χ2v) is 7.94. The summed E-state index contributed by atoms with van der Waals surface area (Å²) in [5.74, 6) is -0.0683. The van der Waals surface area contributed by atoms with Gasteiger partial charge in [0.2, 0.25) is 0 Å². The smallest absolute Gasteiger partial charge is 0.168 e. The van der Waals surface area contributed by atoms with Gasteiger partial charge in [-0.15, -0.1) is 0 Å². The van der Waals surface area contributed by atoms with E-state index in [1.54, 1.807) is 0 Å². The van der Waals surface area contributed by atoms with Gasteiger partial charge >= 0.3 is 0 Å². The number of hydrogen-bond acceptors (Lipinski definition) is 2. The van der Waals surface area contributed by atoms with Crippen molar-refractivity contribution in [3.8, 4) is 5.75 Å². The molecule has 1 N–H and O–H groups in total. The van der Waals surface area contributed by atoms with E-state index in [9.17, 15) is 8.78 Å². The second kappa shape index (κ2) is 8.39. The van der Waals surface area contributed by atoms with Gasteiger partial charge in [-0.05, 0) is 43.4 Å². The fourth-order valence-electron chi connectivity index (χ4n) is 4.21. The number of nitrogens with one attached hydrogen (secondary N) is 1. The van der Waals surface area contributed by atoms with E-state index in [1.165, 1.54) is 38.2 Å². The van der Waals surface area contributed by atoms with Crippen LogP contribution in [0, 0.1) is 17.6 Å². The zero-order chi connectivity index (χ0) is 18.6. The molecule has 2 aromatic rings. The van der Waals surface area contributed by atoms with Gasteiger partial charge in [0.15, 0.2) is 11.6 Å². The van der Waals surface area contributed by atoms with Crippen molar-refractivity contribution in [3.63, 3.8) is 0 Å². The van der Waals surface area contributed by atoms with Crippen LogP contribution in [0.1, 0.15) is 55.6 Å². The highest BCUT2D eigenvalue weighted by molar-refractivity contribution is 5.42. The van der Waals surface area contributed by atoms with Crippen LogP contribution in [-0.4, -0.2) is 12.6 Å². The largest absolute Gasteiger partial charge is 0.486 e. The lowest BCUT2D eigenvalue weighted by atomic mass is 9.89. The molecule has 27 heavy (non-hydrogen) atoms. The van der Waals surface area contributed by atoms with Crippen LogP contribution in [0.15, 0.2) is 42.5 Å². The molecule has 0 radical (unpaired) electrons. The van der Waals surface area contributed by atoms with Crippen LogP contribution in [0.3, 0.4) is 0 Å². The van der Waals surface area contributed by atoms with Gasteiger partial charge in [-0.1, -0.05) is 49.6 Å². The highest BCUT2D eigenvalue weighted by Gasteiger charge is 2.41. The van der Waals surface area contributed by atoms with E-state index in [2.05, 4.69) is 5.32 Å². The monoisotopic (exact) mass is 371 g/mol. The maximum Gasteiger partial charge on any atom is 0.168 e. The fraction of sp³-hybridized carbons (Fsp3) is 0.478. The van der Waals surface area contributed by atoms with E-state index in [0.717, 1.165) is 30.5 Å². The minimum Gasteiger partial charge on any atom is -0.486 e. The van der Waals surface area contributed by atoms with Gasteiger partial charge < -0.3 is 10.1 Å². The van der Waals surface area contributed by atoms with Gasteiger partial charge in [-0.3, -0.25) is 0 Å². The first kappa shape index (κ1) is 18.4. The van der Waals surface area contributed by atoms with E-state index < -0.39 is 11.6 Å². The summed E-state index contributed by atoms with van der Waals surface area (Å²) >= 11 is 0. The zero-order valence-corrected chi connectivity index (χ0v) is 15.6. The van der Waals surface area contributed by atoms with Gasteiger partial charge in [0.25, 0.3) is 0 Å². The first-order valence-corrected chi connectivity index (χ1v) is 10.1. The van der Waals surface area contributed by atoms with E-state index in [4.69, 9.17) is 4.74 Å². The quantitative estimate of drug-likeness (QED) is 0.687. The molecule has 0 spiro atoms. The highest BCUT2D eigenvalue weighted by atomic mass is 19.1. The molecule has 2 saturated carbocycles. The van der Waals surface area contributed by atoms with Crippen LogP contribution in [0.25, 0.3) is 0 Å². The Morgan fingerprint density at radius 3 is 2.56 bits per heavy atom. The molecular formula is C23H27F2NO. The lowest BCUT2D eigenvalue weighted by Gasteiger charge is -2.22. The van der Waals surface area contributed by atoms with Crippen LogP contribution < -0.4 is 10.1 Å². The Kier molecular flexibility index (Phi) is 5.72. The van der Waals surface area contributed by atoms with Crippen molar-refractivity contribution in [2.24, 2.45) is 5.92 Å². The number of ether oxygens (including phenoxy) is 1. The van der Waals surface area contributed by atoms with Crippen molar-refractivity contribution in [1.29, 1.82) is 0 Å². The molecule has 2 fully saturated rings. The van der Waals surface area contributed by atoms with Crippen molar-refractivity contribution in [3.05, 3.63) is 65.2 Å². The molecule has 0 heterocycles. The third kappa shape index (κ3) is 4.67. The fourth-order valence-corrected chi connectivity index (χ4v) is 4.21. The Morgan fingerprint density at radius 1 is 1.00 bits per heavy atom. The van der Waals surface area contributed by atoms with E-state index in [0.29, 0.717) is 11.6 Å².